The van der Waals surface area contributed by atoms with Gasteiger partial charge in [-0.15, -0.1) is 0 Å². The molecule has 0 aromatic carbocycles. The van der Waals surface area contributed by atoms with Crippen LogP contribution in [0.15, 0.2) is 18.5 Å². The molecular formula is C9H12N4O3. The predicted octanol–water partition coefficient (Wildman–Crippen LogP) is -1.13. The molecule has 1 aromatic heterocycles. The Morgan fingerprint density at radius 1 is 1.44 bits per heavy atom. The molecule has 86 valence electrons. The highest BCUT2D eigenvalue weighted by Gasteiger charge is 2.18. The van der Waals surface area contributed by atoms with Gasteiger partial charge in [0.1, 0.15) is 0 Å². The quantitative estimate of drug-likeness (QED) is 0.633. The maximum absolute atomic E-state index is 11.4. The molecule has 2 amide bonds. The summed E-state index contributed by atoms with van der Waals surface area (Å²) in [4.78, 5) is 31.3. The Morgan fingerprint density at radius 3 is 2.62 bits per heavy atom. The average Bonchev–Trinajstić information content (AvgIpc) is 2.29. The molecule has 0 radical (unpaired) electrons. The van der Waals surface area contributed by atoms with Gasteiger partial charge < -0.3 is 10.0 Å². The van der Waals surface area contributed by atoms with Crippen molar-refractivity contribution in [3.63, 3.8) is 0 Å². The molecule has 0 spiro atoms. The molecule has 0 aliphatic carbocycles. The second kappa shape index (κ2) is 5.76. The van der Waals surface area contributed by atoms with Crippen molar-refractivity contribution in [1.29, 1.82) is 0 Å². The van der Waals surface area contributed by atoms with Crippen LogP contribution >= 0.6 is 0 Å². The molecule has 1 heterocycles. The van der Waals surface area contributed by atoms with Gasteiger partial charge in [-0.05, 0) is 6.07 Å². The van der Waals surface area contributed by atoms with E-state index in [1.807, 2.05) is 0 Å². The minimum atomic E-state index is -0.831. The minimum absolute atomic E-state index is 0.0678. The van der Waals surface area contributed by atoms with Gasteiger partial charge in [-0.3, -0.25) is 14.9 Å². The van der Waals surface area contributed by atoms with Crippen molar-refractivity contribution in [3.05, 3.63) is 18.5 Å². The lowest BCUT2D eigenvalue weighted by Gasteiger charge is -2.14. The van der Waals surface area contributed by atoms with Gasteiger partial charge in [0.15, 0.2) is 0 Å². The fraction of sp³-hybridized carbons (Fsp3) is 0.333. The summed E-state index contributed by atoms with van der Waals surface area (Å²) in [6.45, 7) is -0.0980. The normalized spacial score (nSPS) is 9.62. The summed E-state index contributed by atoms with van der Waals surface area (Å²) >= 11 is 0. The Balaban J connectivity index is 2.56. The number of carbonyl (C=O) groups excluding carboxylic acids is 2. The Bertz CT molecular complexity index is 368. The predicted molar refractivity (Wildman–Crippen MR) is 55.4 cm³/mol. The number of carbonyl (C=O) groups is 2. The highest BCUT2D eigenvalue weighted by atomic mass is 16.3. The molecule has 0 bridgehead atoms. The number of amides is 2. The maximum atomic E-state index is 11.4. The first-order chi connectivity index (χ1) is 7.65. The molecule has 0 aliphatic rings. The smallest absolute Gasteiger partial charge is 0.316 e. The molecular weight excluding hydrogens is 212 g/mol. The third-order valence-corrected chi connectivity index (χ3v) is 1.77. The third-order valence-electron chi connectivity index (χ3n) is 1.77. The van der Waals surface area contributed by atoms with Crippen LogP contribution in [0.4, 0.5) is 5.95 Å². The molecule has 2 N–H and O–H groups in total. The van der Waals surface area contributed by atoms with E-state index in [1.54, 1.807) is 6.07 Å². The van der Waals surface area contributed by atoms with Crippen molar-refractivity contribution in [2.75, 3.05) is 25.5 Å². The highest BCUT2D eigenvalue weighted by molar-refractivity contribution is 6.39. The van der Waals surface area contributed by atoms with Crippen LogP contribution in [0, 0.1) is 0 Å². The standard InChI is InChI=1S/C9H12N4O3/c1-13(5-6-14)8(16)7(15)12-9-10-3-2-4-11-9/h2-4,14H,5-6H2,1H3,(H,10,11,12,15). The van der Waals surface area contributed by atoms with E-state index in [1.165, 1.54) is 19.4 Å². The van der Waals surface area contributed by atoms with Gasteiger partial charge in [-0.25, -0.2) is 9.97 Å². The van der Waals surface area contributed by atoms with E-state index >= 15 is 0 Å². The SMILES string of the molecule is CN(CCO)C(=O)C(=O)Nc1ncccn1. The number of rotatable bonds is 3. The van der Waals surface area contributed by atoms with Crippen LogP contribution in [0.25, 0.3) is 0 Å². The highest BCUT2D eigenvalue weighted by Crippen LogP contribution is 1.95. The fourth-order valence-corrected chi connectivity index (χ4v) is 0.944. The number of aliphatic hydroxyl groups is 1. The van der Waals surface area contributed by atoms with Crippen molar-refractivity contribution in [2.45, 2.75) is 0 Å². The van der Waals surface area contributed by atoms with Gasteiger partial charge >= 0.3 is 11.8 Å². The van der Waals surface area contributed by atoms with Crippen molar-refractivity contribution in [2.24, 2.45) is 0 Å². The van der Waals surface area contributed by atoms with Crippen LogP contribution in [-0.2, 0) is 9.59 Å². The minimum Gasteiger partial charge on any atom is -0.395 e. The first kappa shape index (κ1) is 12.1. The fourth-order valence-electron chi connectivity index (χ4n) is 0.944. The summed E-state index contributed by atoms with van der Waals surface area (Å²) in [6.07, 6.45) is 2.90. The van der Waals surface area contributed by atoms with Crippen LogP contribution in [0.5, 0.6) is 0 Å². The molecule has 7 heteroatoms. The number of aliphatic hydroxyl groups excluding tert-OH is 1. The van der Waals surface area contributed by atoms with Crippen LogP contribution in [-0.4, -0.2) is 52.0 Å². The Labute approximate surface area is 92.1 Å². The molecule has 0 saturated heterocycles. The molecule has 16 heavy (non-hydrogen) atoms. The number of anilines is 1. The number of aromatic nitrogens is 2. The van der Waals surface area contributed by atoms with Crippen molar-refractivity contribution in [1.82, 2.24) is 14.9 Å². The van der Waals surface area contributed by atoms with Gasteiger partial charge in [-0.1, -0.05) is 0 Å². The Kier molecular flexibility index (Phi) is 4.34. The first-order valence-electron chi connectivity index (χ1n) is 4.59. The summed E-state index contributed by atoms with van der Waals surface area (Å²) in [5.41, 5.74) is 0. The Morgan fingerprint density at radius 2 is 2.06 bits per heavy atom. The van der Waals surface area contributed by atoms with Crippen LogP contribution in [0.3, 0.4) is 0 Å². The summed E-state index contributed by atoms with van der Waals surface area (Å²) in [5, 5.41) is 10.9. The summed E-state index contributed by atoms with van der Waals surface area (Å²) in [7, 11) is 1.42. The van der Waals surface area contributed by atoms with E-state index in [9.17, 15) is 9.59 Å². The van der Waals surface area contributed by atoms with E-state index in [0.717, 1.165) is 4.90 Å². The van der Waals surface area contributed by atoms with Gasteiger partial charge in [0.2, 0.25) is 5.95 Å². The monoisotopic (exact) mass is 224 g/mol. The lowest BCUT2D eigenvalue weighted by Crippen LogP contribution is -2.38. The largest absolute Gasteiger partial charge is 0.395 e. The Hall–Kier alpha value is -2.02. The summed E-state index contributed by atoms with van der Waals surface area (Å²) in [6, 6.07) is 1.59. The van der Waals surface area contributed by atoms with E-state index < -0.39 is 11.8 Å². The van der Waals surface area contributed by atoms with Crippen LogP contribution in [0.1, 0.15) is 0 Å². The molecule has 1 aromatic rings. The van der Waals surface area contributed by atoms with Crippen molar-refractivity contribution < 1.29 is 14.7 Å². The van der Waals surface area contributed by atoms with Crippen molar-refractivity contribution in [3.8, 4) is 0 Å². The summed E-state index contributed by atoms with van der Waals surface area (Å²) < 4.78 is 0. The molecule has 0 unspecified atom stereocenters. The van der Waals surface area contributed by atoms with Crippen LogP contribution in [0.2, 0.25) is 0 Å². The molecule has 0 fully saturated rings. The molecule has 0 saturated carbocycles. The second-order valence-corrected chi connectivity index (χ2v) is 2.98. The van der Waals surface area contributed by atoms with E-state index in [4.69, 9.17) is 5.11 Å². The van der Waals surface area contributed by atoms with E-state index in [2.05, 4.69) is 15.3 Å². The number of likely N-dealkylation sites (N-methyl/N-ethyl adjacent to an activating group) is 1. The lowest BCUT2D eigenvalue weighted by molar-refractivity contribution is -0.142. The number of hydrogen-bond acceptors (Lipinski definition) is 5. The van der Waals surface area contributed by atoms with Gasteiger partial charge in [0.05, 0.1) is 6.61 Å². The van der Waals surface area contributed by atoms with Gasteiger partial charge in [0, 0.05) is 26.0 Å². The average molecular weight is 224 g/mol. The number of nitrogens with one attached hydrogen (secondary N) is 1. The molecule has 0 atom stereocenters. The summed E-state index contributed by atoms with van der Waals surface area (Å²) in [5.74, 6) is -1.51. The first-order valence-corrected chi connectivity index (χ1v) is 4.59. The number of nitrogens with zero attached hydrogens (tertiary/aromatic N) is 3. The van der Waals surface area contributed by atoms with Crippen LogP contribution < -0.4 is 5.32 Å². The zero-order valence-corrected chi connectivity index (χ0v) is 8.75. The third kappa shape index (κ3) is 3.28. The van der Waals surface area contributed by atoms with Gasteiger partial charge in [-0.2, -0.15) is 0 Å². The van der Waals surface area contributed by atoms with E-state index in [-0.39, 0.29) is 19.1 Å². The molecule has 7 nitrogen and oxygen atoms in total. The van der Waals surface area contributed by atoms with Gasteiger partial charge in [0.25, 0.3) is 0 Å². The van der Waals surface area contributed by atoms with Crippen molar-refractivity contribution >= 4 is 17.8 Å². The molecule has 0 aliphatic heterocycles. The zero-order chi connectivity index (χ0) is 12.0. The zero-order valence-electron chi connectivity index (χ0n) is 8.75. The second-order valence-electron chi connectivity index (χ2n) is 2.98. The van der Waals surface area contributed by atoms with E-state index in [0.29, 0.717) is 0 Å². The topological polar surface area (TPSA) is 95.4 Å². The maximum Gasteiger partial charge on any atom is 0.316 e. The lowest BCUT2D eigenvalue weighted by atomic mass is 10.4. The molecule has 1 rings (SSSR count). The number of hydrogen-bond donors (Lipinski definition) is 2.